The Kier molecular flexibility index (Phi) is 6.99. The van der Waals surface area contributed by atoms with Crippen molar-refractivity contribution in [3.63, 3.8) is 0 Å². The van der Waals surface area contributed by atoms with Crippen molar-refractivity contribution in [2.45, 2.75) is 58.8 Å². The van der Waals surface area contributed by atoms with Crippen LogP contribution in [0.3, 0.4) is 0 Å². The standard InChI is InChI=1S/C12H23ClO2/c1-5-10(13)8-12(4,7-3)9-15-11(14)6-2/h10H,5-9H2,1-4H3. The van der Waals surface area contributed by atoms with Crippen LogP contribution in [0.15, 0.2) is 0 Å². The first kappa shape index (κ1) is 14.8. The maximum absolute atomic E-state index is 11.1. The lowest BCUT2D eigenvalue weighted by molar-refractivity contribution is -0.146. The third-order valence-corrected chi connectivity index (χ3v) is 3.34. The number of alkyl halides is 1. The molecule has 2 atom stereocenters. The van der Waals surface area contributed by atoms with Crippen molar-refractivity contribution in [3.8, 4) is 0 Å². The highest BCUT2D eigenvalue weighted by molar-refractivity contribution is 6.20. The van der Waals surface area contributed by atoms with Gasteiger partial charge in [-0.15, -0.1) is 11.6 Å². The molecule has 0 saturated carbocycles. The quantitative estimate of drug-likeness (QED) is 0.495. The van der Waals surface area contributed by atoms with Crippen molar-refractivity contribution < 1.29 is 9.53 Å². The highest BCUT2D eigenvalue weighted by Gasteiger charge is 2.26. The molecule has 0 rings (SSSR count). The van der Waals surface area contributed by atoms with Gasteiger partial charge in [0.25, 0.3) is 0 Å². The van der Waals surface area contributed by atoms with E-state index in [0.717, 1.165) is 19.3 Å². The van der Waals surface area contributed by atoms with Crippen LogP contribution in [0.1, 0.15) is 53.4 Å². The van der Waals surface area contributed by atoms with Gasteiger partial charge in [-0.3, -0.25) is 4.79 Å². The first-order chi connectivity index (χ1) is 6.97. The molecule has 0 fully saturated rings. The lowest BCUT2D eigenvalue weighted by Gasteiger charge is -2.29. The number of rotatable bonds is 7. The molecule has 0 aromatic rings. The summed E-state index contributed by atoms with van der Waals surface area (Å²) in [7, 11) is 0. The maximum Gasteiger partial charge on any atom is 0.305 e. The molecule has 2 nitrogen and oxygen atoms in total. The lowest BCUT2D eigenvalue weighted by atomic mass is 9.83. The zero-order valence-electron chi connectivity index (χ0n) is 10.3. The minimum atomic E-state index is -0.128. The Bertz CT molecular complexity index is 194. The molecule has 3 heteroatoms. The molecule has 2 unspecified atom stereocenters. The number of carbonyl (C=O) groups is 1. The molecule has 0 radical (unpaired) electrons. The molecule has 0 N–H and O–H groups in total. The van der Waals surface area contributed by atoms with E-state index in [9.17, 15) is 4.79 Å². The summed E-state index contributed by atoms with van der Waals surface area (Å²) in [5.41, 5.74) is 0.0211. The monoisotopic (exact) mass is 234 g/mol. The van der Waals surface area contributed by atoms with Gasteiger partial charge in [-0.25, -0.2) is 0 Å². The van der Waals surface area contributed by atoms with E-state index in [2.05, 4.69) is 20.8 Å². The van der Waals surface area contributed by atoms with Crippen molar-refractivity contribution in [2.24, 2.45) is 5.41 Å². The SMILES string of the molecule is CCC(=O)OCC(C)(CC)CC(Cl)CC. The predicted octanol–water partition coefficient (Wildman–Crippen LogP) is 3.76. The van der Waals surface area contributed by atoms with Crippen molar-refractivity contribution in [2.75, 3.05) is 6.61 Å². The lowest BCUT2D eigenvalue weighted by Crippen LogP contribution is -2.27. The fourth-order valence-corrected chi connectivity index (χ4v) is 1.71. The van der Waals surface area contributed by atoms with Crippen LogP contribution in [0, 0.1) is 5.41 Å². The molecule has 90 valence electrons. The summed E-state index contributed by atoms with van der Waals surface area (Å²) >= 11 is 6.14. The molecule has 0 saturated heterocycles. The van der Waals surface area contributed by atoms with Gasteiger partial charge in [0.15, 0.2) is 0 Å². The van der Waals surface area contributed by atoms with Crippen LogP contribution in [-0.2, 0) is 9.53 Å². The average molecular weight is 235 g/mol. The summed E-state index contributed by atoms with van der Waals surface area (Å²) in [6, 6.07) is 0. The number of hydrogen-bond donors (Lipinski definition) is 0. The summed E-state index contributed by atoms with van der Waals surface area (Å²) in [6.45, 7) is 8.60. The van der Waals surface area contributed by atoms with Crippen LogP contribution in [-0.4, -0.2) is 18.0 Å². The number of hydrogen-bond acceptors (Lipinski definition) is 2. The van der Waals surface area contributed by atoms with E-state index in [0.29, 0.717) is 13.0 Å². The molecular weight excluding hydrogens is 212 g/mol. The van der Waals surface area contributed by atoms with E-state index in [1.165, 1.54) is 0 Å². The van der Waals surface area contributed by atoms with Crippen LogP contribution in [0.5, 0.6) is 0 Å². The van der Waals surface area contributed by atoms with Crippen molar-refractivity contribution in [1.82, 2.24) is 0 Å². The van der Waals surface area contributed by atoms with Crippen LogP contribution in [0.2, 0.25) is 0 Å². The molecule has 0 bridgehead atoms. The van der Waals surface area contributed by atoms with E-state index in [1.54, 1.807) is 0 Å². The van der Waals surface area contributed by atoms with Gasteiger partial charge in [0.05, 0.1) is 6.61 Å². The van der Waals surface area contributed by atoms with Crippen LogP contribution in [0.4, 0.5) is 0 Å². The Balaban J connectivity index is 4.12. The van der Waals surface area contributed by atoms with Crippen molar-refractivity contribution in [3.05, 3.63) is 0 Å². The Morgan fingerprint density at radius 2 is 2.00 bits per heavy atom. The first-order valence-electron chi connectivity index (χ1n) is 5.77. The van der Waals surface area contributed by atoms with Gasteiger partial charge in [0.2, 0.25) is 0 Å². The second-order valence-corrected chi connectivity index (χ2v) is 5.01. The summed E-state index contributed by atoms with van der Waals surface area (Å²) in [5.74, 6) is -0.128. The van der Waals surface area contributed by atoms with Crippen LogP contribution < -0.4 is 0 Å². The fourth-order valence-electron chi connectivity index (χ4n) is 1.34. The number of esters is 1. The summed E-state index contributed by atoms with van der Waals surface area (Å²) in [6.07, 6.45) is 3.28. The minimum Gasteiger partial charge on any atom is -0.465 e. The van der Waals surface area contributed by atoms with Crippen molar-refractivity contribution >= 4 is 17.6 Å². The van der Waals surface area contributed by atoms with E-state index >= 15 is 0 Å². The zero-order chi connectivity index (χ0) is 11.9. The first-order valence-corrected chi connectivity index (χ1v) is 6.20. The van der Waals surface area contributed by atoms with Gasteiger partial charge in [-0.1, -0.05) is 27.7 Å². The van der Waals surface area contributed by atoms with E-state index < -0.39 is 0 Å². The topological polar surface area (TPSA) is 26.3 Å². The predicted molar refractivity (Wildman–Crippen MR) is 64.2 cm³/mol. The van der Waals surface area contributed by atoms with Gasteiger partial charge < -0.3 is 4.74 Å². The van der Waals surface area contributed by atoms with Gasteiger partial charge in [-0.05, 0) is 19.3 Å². The molecule has 0 aliphatic rings. The molecule has 0 aromatic heterocycles. The largest absolute Gasteiger partial charge is 0.465 e. The van der Waals surface area contributed by atoms with E-state index in [-0.39, 0.29) is 16.8 Å². The average Bonchev–Trinajstić information content (AvgIpc) is 2.25. The molecule has 0 aliphatic heterocycles. The summed E-state index contributed by atoms with van der Waals surface area (Å²) < 4.78 is 5.20. The third kappa shape index (κ3) is 6.03. The molecule has 0 aromatic carbocycles. The second kappa shape index (κ2) is 7.10. The highest BCUT2D eigenvalue weighted by atomic mass is 35.5. The Labute approximate surface area is 98.3 Å². The zero-order valence-corrected chi connectivity index (χ0v) is 11.1. The minimum absolute atomic E-state index is 0.0211. The molecular formula is C12H23ClO2. The number of halogens is 1. The van der Waals surface area contributed by atoms with Gasteiger partial charge in [0, 0.05) is 17.2 Å². The maximum atomic E-state index is 11.1. The van der Waals surface area contributed by atoms with Crippen LogP contribution >= 0.6 is 11.6 Å². The highest BCUT2D eigenvalue weighted by Crippen LogP contribution is 2.30. The molecule has 0 spiro atoms. The third-order valence-electron chi connectivity index (χ3n) is 2.88. The summed E-state index contributed by atoms with van der Waals surface area (Å²) in [5, 5.41) is 0.176. The number of carbonyl (C=O) groups excluding carboxylic acids is 1. The van der Waals surface area contributed by atoms with Crippen molar-refractivity contribution in [1.29, 1.82) is 0 Å². The second-order valence-electron chi connectivity index (χ2n) is 4.39. The number of ether oxygens (including phenoxy) is 1. The van der Waals surface area contributed by atoms with Crippen LogP contribution in [0.25, 0.3) is 0 Å². The fraction of sp³-hybridized carbons (Fsp3) is 0.917. The van der Waals surface area contributed by atoms with Gasteiger partial charge >= 0.3 is 5.97 Å². The molecule has 15 heavy (non-hydrogen) atoms. The molecule has 0 amide bonds. The Morgan fingerprint density at radius 3 is 2.40 bits per heavy atom. The van der Waals surface area contributed by atoms with Gasteiger partial charge in [0.1, 0.15) is 0 Å². The molecule has 0 heterocycles. The summed E-state index contributed by atoms with van der Waals surface area (Å²) in [4.78, 5) is 11.1. The van der Waals surface area contributed by atoms with E-state index in [1.807, 2.05) is 6.92 Å². The Hall–Kier alpha value is -0.240. The molecule has 0 aliphatic carbocycles. The normalized spacial score (nSPS) is 16.9. The van der Waals surface area contributed by atoms with E-state index in [4.69, 9.17) is 16.3 Å². The Morgan fingerprint density at radius 1 is 1.40 bits per heavy atom. The smallest absolute Gasteiger partial charge is 0.305 e. The van der Waals surface area contributed by atoms with Gasteiger partial charge in [-0.2, -0.15) is 0 Å².